The summed E-state index contributed by atoms with van der Waals surface area (Å²) in [5, 5.41) is 13.2. The molecule has 2 rings (SSSR count). The van der Waals surface area contributed by atoms with E-state index in [0.717, 1.165) is 5.56 Å². The average Bonchev–Trinajstić information content (AvgIpc) is 2.61. The number of hydrogen-bond acceptors (Lipinski definition) is 5. The van der Waals surface area contributed by atoms with Crippen molar-refractivity contribution in [2.45, 2.75) is 19.3 Å². The Kier molecular flexibility index (Phi) is 6.22. The minimum Gasteiger partial charge on any atom is -0.456 e. The molecule has 0 aliphatic rings. The molecule has 7 heteroatoms. The molecule has 25 heavy (non-hydrogen) atoms. The van der Waals surface area contributed by atoms with Crippen LogP contribution >= 0.6 is 0 Å². The van der Waals surface area contributed by atoms with Gasteiger partial charge in [-0.1, -0.05) is 43.3 Å². The van der Waals surface area contributed by atoms with Crippen molar-refractivity contribution in [2.24, 2.45) is 0 Å². The Balaban J connectivity index is 1.80. The number of nitrogens with zero attached hydrogens (tertiary/aromatic N) is 1. The van der Waals surface area contributed by atoms with E-state index >= 15 is 0 Å². The lowest BCUT2D eigenvalue weighted by Crippen LogP contribution is -2.21. The predicted molar refractivity (Wildman–Crippen MR) is 92.2 cm³/mol. The highest BCUT2D eigenvalue weighted by molar-refractivity contribution is 5.93. The van der Waals surface area contributed by atoms with E-state index in [0.29, 0.717) is 0 Å². The lowest BCUT2D eigenvalue weighted by Gasteiger charge is -2.11. The largest absolute Gasteiger partial charge is 0.456 e. The van der Waals surface area contributed by atoms with E-state index in [-0.39, 0.29) is 23.7 Å². The Bertz CT molecular complexity index is 761. The van der Waals surface area contributed by atoms with E-state index in [1.54, 1.807) is 0 Å². The Morgan fingerprint density at radius 2 is 1.88 bits per heavy atom. The van der Waals surface area contributed by atoms with Crippen molar-refractivity contribution in [2.75, 3.05) is 11.9 Å². The number of anilines is 1. The molecule has 1 amide bonds. The lowest BCUT2D eigenvalue weighted by atomic mass is 9.98. The summed E-state index contributed by atoms with van der Waals surface area (Å²) >= 11 is 0. The topological polar surface area (TPSA) is 98.5 Å². The predicted octanol–water partition coefficient (Wildman–Crippen LogP) is 3.27. The minimum absolute atomic E-state index is 0.0199. The summed E-state index contributed by atoms with van der Waals surface area (Å²) in [6, 6.07) is 15.1. The summed E-state index contributed by atoms with van der Waals surface area (Å²) in [6.45, 7) is 1.46. The molecule has 0 saturated heterocycles. The molecule has 0 aliphatic heterocycles. The average molecular weight is 342 g/mol. The molecule has 2 aromatic rings. The van der Waals surface area contributed by atoms with Gasteiger partial charge in [0.1, 0.15) is 0 Å². The summed E-state index contributed by atoms with van der Waals surface area (Å²) < 4.78 is 4.96. The second-order valence-electron chi connectivity index (χ2n) is 5.53. The Morgan fingerprint density at radius 3 is 2.56 bits per heavy atom. The number of nitrogens with one attached hydrogen (secondary N) is 1. The molecule has 0 aliphatic carbocycles. The maximum atomic E-state index is 11.8. The van der Waals surface area contributed by atoms with Crippen LogP contribution in [0.5, 0.6) is 0 Å². The number of rotatable bonds is 7. The zero-order chi connectivity index (χ0) is 18.2. The highest BCUT2D eigenvalue weighted by Gasteiger charge is 2.14. The van der Waals surface area contributed by atoms with Gasteiger partial charge in [-0.3, -0.25) is 19.7 Å². The van der Waals surface area contributed by atoms with Gasteiger partial charge in [-0.15, -0.1) is 0 Å². The molecule has 0 saturated carbocycles. The first-order chi connectivity index (χ1) is 12.0. The van der Waals surface area contributed by atoms with Gasteiger partial charge in [0.2, 0.25) is 0 Å². The fraction of sp³-hybridized carbons (Fsp3) is 0.222. The van der Waals surface area contributed by atoms with Gasteiger partial charge in [-0.25, -0.2) is 0 Å². The number of amides is 1. The van der Waals surface area contributed by atoms with Crippen LogP contribution in [0.2, 0.25) is 0 Å². The van der Waals surface area contributed by atoms with Gasteiger partial charge in [0.15, 0.2) is 6.61 Å². The van der Waals surface area contributed by atoms with Gasteiger partial charge in [0.05, 0.1) is 11.3 Å². The smallest absolute Gasteiger partial charge is 0.306 e. The molecule has 0 fully saturated rings. The van der Waals surface area contributed by atoms with E-state index < -0.39 is 23.4 Å². The molecule has 130 valence electrons. The van der Waals surface area contributed by atoms with Gasteiger partial charge < -0.3 is 10.1 Å². The number of carbonyl (C=O) groups excluding carboxylic acids is 2. The second-order valence-corrected chi connectivity index (χ2v) is 5.53. The minimum atomic E-state index is -0.555. The van der Waals surface area contributed by atoms with Crippen LogP contribution in [0.15, 0.2) is 54.6 Å². The maximum absolute atomic E-state index is 11.8. The van der Waals surface area contributed by atoms with Crippen LogP contribution in [0.25, 0.3) is 0 Å². The highest BCUT2D eigenvalue weighted by Crippen LogP contribution is 2.19. The summed E-state index contributed by atoms with van der Waals surface area (Å²) in [4.78, 5) is 33.8. The molecule has 1 N–H and O–H groups in total. The zero-order valence-electron chi connectivity index (χ0n) is 13.7. The number of esters is 1. The molecule has 0 bridgehead atoms. The van der Waals surface area contributed by atoms with Crippen LogP contribution in [-0.2, 0) is 14.3 Å². The number of benzene rings is 2. The second kappa shape index (κ2) is 8.58. The normalized spacial score (nSPS) is 11.4. The SMILES string of the molecule is C[C@@H](CC(=O)OCC(=O)Nc1cccc([N+](=O)[O-])c1)c1ccccc1. The molecule has 0 spiro atoms. The first-order valence-corrected chi connectivity index (χ1v) is 7.70. The van der Waals surface area contributed by atoms with Crippen molar-refractivity contribution in [1.82, 2.24) is 0 Å². The Labute approximate surface area is 144 Å². The molecule has 1 atom stereocenters. The van der Waals surface area contributed by atoms with E-state index in [9.17, 15) is 19.7 Å². The number of nitro benzene ring substituents is 1. The van der Waals surface area contributed by atoms with Crippen molar-refractivity contribution in [3.8, 4) is 0 Å². The summed E-state index contributed by atoms with van der Waals surface area (Å²) in [5.41, 5.74) is 1.15. The van der Waals surface area contributed by atoms with E-state index in [1.165, 1.54) is 24.3 Å². The third-order valence-electron chi connectivity index (χ3n) is 3.55. The highest BCUT2D eigenvalue weighted by atomic mass is 16.6. The quantitative estimate of drug-likeness (QED) is 0.473. The van der Waals surface area contributed by atoms with Crippen molar-refractivity contribution < 1.29 is 19.2 Å². The van der Waals surface area contributed by atoms with Gasteiger partial charge >= 0.3 is 5.97 Å². The monoisotopic (exact) mass is 342 g/mol. The van der Waals surface area contributed by atoms with Gasteiger partial charge in [-0.05, 0) is 17.5 Å². The number of nitro groups is 1. The molecule has 0 radical (unpaired) electrons. The fourth-order valence-electron chi connectivity index (χ4n) is 2.25. The van der Waals surface area contributed by atoms with Gasteiger partial charge in [-0.2, -0.15) is 0 Å². The standard InChI is InChI=1S/C18H18N2O5/c1-13(14-6-3-2-4-7-14)10-18(22)25-12-17(21)19-15-8-5-9-16(11-15)20(23)24/h2-9,11,13H,10,12H2,1H3,(H,19,21)/t13-/m0/s1. The summed E-state index contributed by atoms with van der Waals surface area (Å²) in [6.07, 6.45) is 0.161. The Morgan fingerprint density at radius 1 is 1.16 bits per heavy atom. The number of carbonyl (C=O) groups is 2. The van der Waals surface area contributed by atoms with Crippen molar-refractivity contribution >= 4 is 23.3 Å². The van der Waals surface area contributed by atoms with Crippen LogP contribution in [0.3, 0.4) is 0 Å². The molecule has 7 nitrogen and oxygen atoms in total. The third kappa shape index (κ3) is 5.72. The molecular formula is C18H18N2O5. The van der Waals surface area contributed by atoms with E-state index in [4.69, 9.17) is 4.74 Å². The Hall–Kier alpha value is -3.22. The molecule has 2 aromatic carbocycles. The summed E-state index contributed by atoms with van der Waals surface area (Å²) in [7, 11) is 0. The maximum Gasteiger partial charge on any atom is 0.306 e. The number of ether oxygens (including phenoxy) is 1. The van der Waals surface area contributed by atoms with Crippen LogP contribution in [0.4, 0.5) is 11.4 Å². The van der Waals surface area contributed by atoms with Crippen molar-refractivity contribution in [3.05, 3.63) is 70.3 Å². The van der Waals surface area contributed by atoms with E-state index in [2.05, 4.69) is 5.32 Å². The van der Waals surface area contributed by atoms with Crippen LogP contribution in [0.1, 0.15) is 24.8 Å². The van der Waals surface area contributed by atoms with Crippen LogP contribution in [0, 0.1) is 10.1 Å². The number of hydrogen-bond donors (Lipinski definition) is 1. The van der Waals surface area contributed by atoms with Gasteiger partial charge in [0, 0.05) is 17.8 Å². The molecule has 0 aromatic heterocycles. The molecule has 0 unspecified atom stereocenters. The molecule has 0 heterocycles. The number of non-ortho nitro benzene ring substituents is 1. The lowest BCUT2D eigenvalue weighted by molar-refractivity contribution is -0.384. The zero-order valence-corrected chi connectivity index (χ0v) is 13.7. The summed E-state index contributed by atoms with van der Waals surface area (Å²) in [5.74, 6) is -1.06. The van der Waals surface area contributed by atoms with Gasteiger partial charge in [0.25, 0.3) is 11.6 Å². The first kappa shape index (κ1) is 18.1. The van der Waals surface area contributed by atoms with Crippen molar-refractivity contribution in [3.63, 3.8) is 0 Å². The third-order valence-corrected chi connectivity index (χ3v) is 3.55. The fourth-order valence-corrected chi connectivity index (χ4v) is 2.25. The van der Waals surface area contributed by atoms with E-state index in [1.807, 2.05) is 37.3 Å². The van der Waals surface area contributed by atoms with Crippen LogP contribution in [-0.4, -0.2) is 23.4 Å². The first-order valence-electron chi connectivity index (χ1n) is 7.70. The van der Waals surface area contributed by atoms with Crippen LogP contribution < -0.4 is 5.32 Å². The molecular weight excluding hydrogens is 324 g/mol. The van der Waals surface area contributed by atoms with Crippen molar-refractivity contribution in [1.29, 1.82) is 0 Å².